The van der Waals surface area contributed by atoms with Crippen LogP contribution in [0, 0.1) is 16.1 Å². The number of rotatable bonds is 5. The fraction of sp³-hybridized carbons (Fsp3) is 0.571. The lowest BCUT2D eigenvalue weighted by atomic mass is 10.2. The first-order valence-corrected chi connectivity index (χ1v) is 4.49. The molecule has 0 amide bonds. The average molecular weight is 233 g/mol. The van der Waals surface area contributed by atoms with E-state index in [1.165, 1.54) is 5.40 Å². The number of aliphatic carboxylic acids is 1. The van der Waals surface area contributed by atoms with Crippen molar-refractivity contribution in [2.24, 2.45) is 11.5 Å². The molecule has 0 aliphatic carbocycles. The van der Waals surface area contributed by atoms with E-state index in [1.807, 2.05) is 0 Å². The van der Waals surface area contributed by atoms with Crippen molar-refractivity contribution in [1.29, 1.82) is 10.7 Å². The van der Waals surface area contributed by atoms with Crippen LogP contribution in [-0.2, 0) is 4.79 Å². The highest BCUT2D eigenvalue weighted by molar-refractivity contribution is 7.85. The molecule has 7 nitrogen and oxygen atoms in total. The van der Waals surface area contributed by atoms with E-state index in [0.29, 0.717) is 19.4 Å². The van der Waals surface area contributed by atoms with Crippen LogP contribution in [0.1, 0.15) is 12.8 Å². The molecule has 0 radical (unpaired) electrons. The second-order valence-corrected chi connectivity index (χ2v) is 2.73. The number of thiocyanates is 1. The van der Waals surface area contributed by atoms with E-state index in [-0.39, 0.29) is 5.96 Å². The minimum atomic E-state index is -1.00. The molecule has 0 aromatic carbocycles. The largest absolute Gasteiger partial charge is 0.480 e. The van der Waals surface area contributed by atoms with E-state index in [4.69, 9.17) is 27.2 Å². The SMILES string of the molecule is N#CS.N=C(N)NCCC[C@H](N)C(=O)O. The summed E-state index contributed by atoms with van der Waals surface area (Å²) in [5.74, 6) is -1.11. The van der Waals surface area contributed by atoms with Crippen LogP contribution in [0.3, 0.4) is 0 Å². The normalized spacial score (nSPS) is 10.2. The zero-order chi connectivity index (χ0) is 12.3. The van der Waals surface area contributed by atoms with Crippen molar-refractivity contribution in [1.82, 2.24) is 5.32 Å². The zero-order valence-corrected chi connectivity index (χ0v) is 9.00. The summed E-state index contributed by atoms with van der Waals surface area (Å²) in [6.07, 6.45) is 0.975. The topological polar surface area (TPSA) is 149 Å². The molecule has 7 N–H and O–H groups in total. The summed E-state index contributed by atoms with van der Waals surface area (Å²) in [5.41, 5.74) is 10.2. The van der Waals surface area contributed by atoms with E-state index in [2.05, 4.69) is 17.9 Å². The maximum absolute atomic E-state index is 10.2. The van der Waals surface area contributed by atoms with Crippen molar-refractivity contribution < 1.29 is 9.90 Å². The number of carboxylic acids is 1. The van der Waals surface area contributed by atoms with Gasteiger partial charge in [-0.05, 0) is 12.8 Å². The van der Waals surface area contributed by atoms with E-state index in [1.54, 1.807) is 0 Å². The fourth-order valence-electron chi connectivity index (χ4n) is 0.669. The number of carboxylic acid groups (broad SMARTS) is 1. The van der Waals surface area contributed by atoms with Crippen molar-refractivity contribution in [2.75, 3.05) is 6.54 Å². The third kappa shape index (κ3) is 15.3. The summed E-state index contributed by atoms with van der Waals surface area (Å²) < 4.78 is 0. The van der Waals surface area contributed by atoms with Crippen molar-refractivity contribution >= 4 is 24.6 Å². The molecule has 0 aliphatic rings. The Kier molecular flexibility index (Phi) is 11.3. The molecule has 0 unspecified atom stereocenters. The molecule has 0 heterocycles. The molecule has 15 heavy (non-hydrogen) atoms. The first-order valence-electron chi connectivity index (χ1n) is 4.05. The zero-order valence-electron chi connectivity index (χ0n) is 8.10. The van der Waals surface area contributed by atoms with Crippen molar-refractivity contribution in [2.45, 2.75) is 18.9 Å². The van der Waals surface area contributed by atoms with Gasteiger partial charge in [0.05, 0.1) is 0 Å². The summed E-state index contributed by atoms with van der Waals surface area (Å²) in [6, 6.07) is -0.821. The lowest BCUT2D eigenvalue weighted by molar-refractivity contribution is -0.138. The summed E-state index contributed by atoms with van der Waals surface area (Å²) in [5, 5.41) is 26.3. The third-order valence-corrected chi connectivity index (χ3v) is 1.32. The number of guanidine groups is 1. The Balaban J connectivity index is 0. The molecule has 1 atom stereocenters. The number of nitrogens with one attached hydrogen (secondary N) is 2. The highest BCUT2D eigenvalue weighted by Gasteiger charge is 2.09. The highest BCUT2D eigenvalue weighted by atomic mass is 32.1. The summed E-state index contributed by atoms with van der Waals surface area (Å²) in [7, 11) is 0. The van der Waals surface area contributed by atoms with Crippen LogP contribution in [0.25, 0.3) is 0 Å². The van der Waals surface area contributed by atoms with Crippen LogP contribution in [0.5, 0.6) is 0 Å². The minimum absolute atomic E-state index is 0.112. The molecule has 86 valence electrons. The van der Waals surface area contributed by atoms with Gasteiger partial charge in [0, 0.05) is 6.54 Å². The highest BCUT2D eigenvalue weighted by Crippen LogP contribution is 1.92. The quantitative estimate of drug-likeness (QED) is 0.119. The lowest BCUT2D eigenvalue weighted by Crippen LogP contribution is -2.34. The van der Waals surface area contributed by atoms with Crippen LogP contribution in [0.2, 0.25) is 0 Å². The number of nitrogens with two attached hydrogens (primary N) is 2. The van der Waals surface area contributed by atoms with Crippen LogP contribution in [-0.4, -0.2) is 29.6 Å². The van der Waals surface area contributed by atoms with Gasteiger partial charge < -0.3 is 21.9 Å². The van der Waals surface area contributed by atoms with Gasteiger partial charge in [0.2, 0.25) is 0 Å². The number of carbonyl (C=O) groups is 1. The molecule has 0 aliphatic heterocycles. The van der Waals surface area contributed by atoms with Gasteiger partial charge in [-0.1, -0.05) is 12.6 Å². The van der Waals surface area contributed by atoms with Crippen molar-refractivity contribution in [3.05, 3.63) is 0 Å². The molecule has 0 rings (SSSR count). The fourth-order valence-corrected chi connectivity index (χ4v) is 0.669. The van der Waals surface area contributed by atoms with E-state index < -0.39 is 12.0 Å². The summed E-state index contributed by atoms with van der Waals surface area (Å²) in [6.45, 7) is 0.482. The first kappa shape index (κ1) is 16.0. The molecule has 8 heteroatoms. The Hall–Kier alpha value is -1.46. The second kappa shape index (κ2) is 10.6. The maximum Gasteiger partial charge on any atom is 0.320 e. The average Bonchev–Trinajstić information content (AvgIpc) is 2.12. The molecule has 0 saturated carbocycles. The van der Waals surface area contributed by atoms with Gasteiger partial charge in [-0.3, -0.25) is 10.2 Å². The minimum Gasteiger partial charge on any atom is -0.480 e. The summed E-state index contributed by atoms with van der Waals surface area (Å²) in [4.78, 5) is 10.2. The van der Waals surface area contributed by atoms with Gasteiger partial charge >= 0.3 is 5.97 Å². The van der Waals surface area contributed by atoms with Crippen LogP contribution >= 0.6 is 12.6 Å². The number of hydrogen-bond acceptors (Lipinski definition) is 5. The van der Waals surface area contributed by atoms with Gasteiger partial charge in [0.15, 0.2) is 5.96 Å². The molecular formula is C7H15N5O2S. The number of nitriles is 1. The Morgan fingerprint density at radius 3 is 2.53 bits per heavy atom. The molecule has 0 aromatic heterocycles. The van der Waals surface area contributed by atoms with Gasteiger partial charge in [-0.15, -0.1) is 0 Å². The van der Waals surface area contributed by atoms with Crippen molar-refractivity contribution in [3.8, 4) is 5.40 Å². The molecule has 0 aromatic rings. The molecule has 0 saturated heterocycles. The molecule has 0 spiro atoms. The number of thiol groups is 1. The predicted molar refractivity (Wildman–Crippen MR) is 59.4 cm³/mol. The molecule has 0 fully saturated rings. The van der Waals surface area contributed by atoms with Gasteiger partial charge in [-0.25, -0.2) is 0 Å². The lowest BCUT2D eigenvalue weighted by Gasteiger charge is -2.06. The Morgan fingerprint density at radius 1 is 1.73 bits per heavy atom. The molecular weight excluding hydrogens is 218 g/mol. The van der Waals surface area contributed by atoms with Gasteiger partial charge in [-0.2, -0.15) is 5.26 Å². The van der Waals surface area contributed by atoms with E-state index in [9.17, 15) is 4.79 Å². The third-order valence-electron chi connectivity index (χ3n) is 1.32. The van der Waals surface area contributed by atoms with Gasteiger partial charge in [0.1, 0.15) is 11.4 Å². The van der Waals surface area contributed by atoms with E-state index >= 15 is 0 Å². The Morgan fingerprint density at radius 2 is 2.20 bits per heavy atom. The Labute approximate surface area is 93.4 Å². The second-order valence-electron chi connectivity index (χ2n) is 2.53. The van der Waals surface area contributed by atoms with Gasteiger partial charge in [0.25, 0.3) is 0 Å². The standard InChI is InChI=1S/C6H14N4O2.CHNS/c7-4(5(11)12)2-1-3-10-6(8)9;2-1-3/h4H,1-3,7H2,(H,11,12)(H4,8,9,10);3H/t4-;/m0./s1. The van der Waals surface area contributed by atoms with Crippen LogP contribution < -0.4 is 16.8 Å². The van der Waals surface area contributed by atoms with Crippen LogP contribution in [0.4, 0.5) is 0 Å². The smallest absolute Gasteiger partial charge is 0.320 e. The van der Waals surface area contributed by atoms with E-state index in [0.717, 1.165) is 0 Å². The maximum atomic E-state index is 10.2. The first-order chi connectivity index (χ1) is 6.95. The molecule has 0 bridgehead atoms. The summed E-state index contributed by atoms with van der Waals surface area (Å²) >= 11 is 3.09. The van der Waals surface area contributed by atoms with Crippen LogP contribution in [0.15, 0.2) is 0 Å². The Bertz CT molecular complexity index is 240. The number of nitrogens with zero attached hydrogens (tertiary/aromatic N) is 1. The predicted octanol–water partition coefficient (Wildman–Crippen LogP) is -0.941. The van der Waals surface area contributed by atoms with Crippen molar-refractivity contribution in [3.63, 3.8) is 0 Å². The monoisotopic (exact) mass is 233 g/mol. The number of hydrogen-bond donors (Lipinski definition) is 6.